The third kappa shape index (κ3) is 3.07. The first-order valence-corrected chi connectivity index (χ1v) is 8.52. The van der Waals surface area contributed by atoms with Gasteiger partial charge in [-0.3, -0.25) is 0 Å². The third-order valence-corrected chi connectivity index (χ3v) is 5.24. The van der Waals surface area contributed by atoms with Crippen LogP contribution in [0.15, 0.2) is 41.1 Å². The molecule has 1 aromatic heterocycles. The van der Waals surface area contributed by atoms with Crippen molar-refractivity contribution in [3.63, 3.8) is 0 Å². The molecule has 1 aliphatic heterocycles. The summed E-state index contributed by atoms with van der Waals surface area (Å²) in [7, 11) is -0.295. The topological polar surface area (TPSA) is 30.5 Å². The van der Waals surface area contributed by atoms with Gasteiger partial charge < -0.3 is 14.6 Å². The molecule has 0 spiro atoms. The van der Waals surface area contributed by atoms with Crippen LogP contribution in [0.4, 0.5) is 5.69 Å². The zero-order valence-electron chi connectivity index (χ0n) is 13.6. The van der Waals surface area contributed by atoms with Crippen molar-refractivity contribution in [1.82, 2.24) is 0 Å². The van der Waals surface area contributed by atoms with E-state index in [1.807, 2.05) is 0 Å². The number of rotatable bonds is 4. The fourth-order valence-electron chi connectivity index (χ4n) is 2.33. The summed E-state index contributed by atoms with van der Waals surface area (Å²) in [6, 6.07) is 10.4. The van der Waals surface area contributed by atoms with Crippen molar-refractivity contribution in [1.29, 1.82) is 0 Å². The number of hydrogen-bond donors (Lipinski definition) is 1. The smallest absolute Gasteiger partial charge is 0.399 e. The Kier molecular flexibility index (Phi) is 4.06. The summed E-state index contributed by atoms with van der Waals surface area (Å²) < 4.78 is 12.1. The number of hydrogen-bond acceptors (Lipinski definition) is 4. The van der Waals surface area contributed by atoms with Crippen molar-refractivity contribution in [2.75, 3.05) is 5.32 Å². The van der Waals surface area contributed by atoms with E-state index >= 15 is 0 Å². The van der Waals surface area contributed by atoms with E-state index in [-0.39, 0.29) is 18.3 Å². The molecule has 5 heteroatoms. The van der Waals surface area contributed by atoms with Crippen LogP contribution in [0.1, 0.15) is 33.3 Å². The largest absolute Gasteiger partial charge is 0.494 e. The summed E-state index contributed by atoms with van der Waals surface area (Å²) in [4.78, 5) is 0. The highest BCUT2D eigenvalue weighted by Gasteiger charge is 2.51. The Bertz CT molecular complexity index is 607. The van der Waals surface area contributed by atoms with Crippen molar-refractivity contribution in [3.05, 3.63) is 46.7 Å². The maximum atomic E-state index is 6.07. The van der Waals surface area contributed by atoms with Gasteiger partial charge in [0.1, 0.15) is 0 Å². The van der Waals surface area contributed by atoms with E-state index in [9.17, 15) is 0 Å². The van der Waals surface area contributed by atoms with E-state index in [1.165, 1.54) is 5.56 Å². The van der Waals surface area contributed by atoms with Crippen molar-refractivity contribution < 1.29 is 9.31 Å². The minimum atomic E-state index is -0.298. The molecule has 2 heterocycles. The molecule has 1 aliphatic rings. The minimum absolute atomic E-state index is 0.295. The quantitative estimate of drug-likeness (QED) is 0.874. The highest BCUT2D eigenvalue weighted by molar-refractivity contribution is 7.07. The van der Waals surface area contributed by atoms with E-state index in [0.717, 1.165) is 17.7 Å². The van der Waals surface area contributed by atoms with Crippen molar-refractivity contribution in [2.24, 2.45) is 0 Å². The highest BCUT2D eigenvalue weighted by atomic mass is 32.1. The molecule has 3 nitrogen and oxygen atoms in total. The number of nitrogens with one attached hydrogen (secondary N) is 1. The standard InChI is InChI=1S/C17H22BNO2S/c1-16(2)17(3,4)21-18(20-16)14-5-7-15(8-6-14)19-11-13-9-10-22-12-13/h5-10,12,19H,11H2,1-4H3. The van der Waals surface area contributed by atoms with Crippen molar-refractivity contribution >= 4 is 29.6 Å². The van der Waals surface area contributed by atoms with Gasteiger partial charge in [-0.15, -0.1) is 0 Å². The first-order chi connectivity index (χ1) is 10.4. The fourth-order valence-corrected chi connectivity index (χ4v) is 3.00. The molecule has 0 radical (unpaired) electrons. The molecule has 0 aliphatic carbocycles. The lowest BCUT2D eigenvalue weighted by molar-refractivity contribution is 0.00578. The second-order valence-corrected chi connectivity index (χ2v) is 7.48. The average Bonchev–Trinajstić information content (AvgIpc) is 3.04. The Morgan fingerprint density at radius 2 is 1.64 bits per heavy atom. The normalized spacial score (nSPS) is 19.4. The van der Waals surface area contributed by atoms with Crippen molar-refractivity contribution in [3.8, 4) is 0 Å². The molecular formula is C17H22BNO2S. The molecule has 22 heavy (non-hydrogen) atoms. The van der Waals surface area contributed by atoms with Crippen LogP contribution in [-0.2, 0) is 15.9 Å². The van der Waals surface area contributed by atoms with Gasteiger partial charge in [-0.25, -0.2) is 0 Å². The van der Waals surface area contributed by atoms with Gasteiger partial charge in [0.05, 0.1) is 11.2 Å². The SMILES string of the molecule is CC1(C)OB(c2ccc(NCc3ccsc3)cc2)OC1(C)C. The van der Waals surface area contributed by atoms with Gasteiger partial charge in [-0.05, 0) is 67.7 Å². The van der Waals surface area contributed by atoms with Crippen LogP contribution >= 0.6 is 11.3 Å². The summed E-state index contributed by atoms with van der Waals surface area (Å²) in [5.41, 5.74) is 2.87. The van der Waals surface area contributed by atoms with E-state index in [2.05, 4.69) is 74.1 Å². The van der Waals surface area contributed by atoms with Crippen LogP contribution in [0.5, 0.6) is 0 Å². The van der Waals surface area contributed by atoms with Crippen LogP contribution in [0.25, 0.3) is 0 Å². The molecule has 116 valence electrons. The van der Waals surface area contributed by atoms with Crippen LogP contribution < -0.4 is 10.8 Å². The molecule has 0 atom stereocenters. The summed E-state index contributed by atoms with van der Waals surface area (Å²) >= 11 is 1.72. The molecule has 1 aromatic carbocycles. The van der Waals surface area contributed by atoms with Gasteiger partial charge in [-0.2, -0.15) is 11.3 Å². The van der Waals surface area contributed by atoms with Gasteiger partial charge >= 0.3 is 7.12 Å². The molecule has 1 N–H and O–H groups in total. The zero-order valence-corrected chi connectivity index (χ0v) is 14.4. The van der Waals surface area contributed by atoms with Crippen LogP contribution in [0, 0.1) is 0 Å². The summed E-state index contributed by atoms with van der Waals surface area (Å²) in [5, 5.41) is 7.68. The second kappa shape index (κ2) is 5.72. The van der Waals surface area contributed by atoms with E-state index in [4.69, 9.17) is 9.31 Å². The second-order valence-electron chi connectivity index (χ2n) is 6.70. The van der Waals surface area contributed by atoms with Gasteiger partial charge in [0.25, 0.3) is 0 Å². The maximum Gasteiger partial charge on any atom is 0.494 e. The first kappa shape index (κ1) is 15.6. The van der Waals surface area contributed by atoms with Gasteiger partial charge in [0, 0.05) is 12.2 Å². The third-order valence-electron chi connectivity index (χ3n) is 4.51. The molecule has 0 bridgehead atoms. The molecular weight excluding hydrogens is 293 g/mol. The Morgan fingerprint density at radius 3 is 2.18 bits per heavy atom. The van der Waals surface area contributed by atoms with Crippen molar-refractivity contribution in [2.45, 2.75) is 45.4 Å². The predicted octanol–water partition coefficient (Wildman–Crippen LogP) is 3.66. The Morgan fingerprint density at radius 1 is 1.00 bits per heavy atom. The van der Waals surface area contributed by atoms with Crippen LogP contribution in [0.2, 0.25) is 0 Å². The number of thiophene rings is 1. The van der Waals surface area contributed by atoms with Gasteiger partial charge in [0.15, 0.2) is 0 Å². The Balaban J connectivity index is 1.65. The zero-order chi connectivity index (χ0) is 15.8. The monoisotopic (exact) mass is 315 g/mol. The van der Waals surface area contributed by atoms with E-state index in [1.54, 1.807) is 11.3 Å². The molecule has 0 unspecified atom stereocenters. The van der Waals surface area contributed by atoms with E-state index < -0.39 is 0 Å². The lowest BCUT2D eigenvalue weighted by Gasteiger charge is -2.32. The summed E-state index contributed by atoms with van der Waals surface area (Å²) in [6.07, 6.45) is 0. The molecule has 1 saturated heterocycles. The lowest BCUT2D eigenvalue weighted by Crippen LogP contribution is -2.41. The fraction of sp³-hybridized carbons (Fsp3) is 0.412. The van der Waals surface area contributed by atoms with E-state index in [0.29, 0.717) is 0 Å². The summed E-state index contributed by atoms with van der Waals surface area (Å²) in [5.74, 6) is 0. The van der Waals surface area contributed by atoms with Gasteiger partial charge in [0.2, 0.25) is 0 Å². The number of anilines is 1. The predicted molar refractivity (Wildman–Crippen MR) is 93.8 cm³/mol. The Labute approximate surface area is 136 Å². The molecule has 0 saturated carbocycles. The highest BCUT2D eigenvalue weighted by Crippen LogP contribution is 2.36. The Hall–Kier alpha value is -1.30. The molecule has 3 rings (SSSR count). The first-order valence-electron chi connectivity index (χ1n) is 7.58. The molecule has 2 aromatic rings. The van der Waals surface area contributed by atoms with Crippen LogP contribution in [0.3, 0.4) is 0 Å². The molecule has 1 fully saturated rings. The number of benzene rings is 1. The van der Waals surface area contributed by atoms with Crippen LogP contribution in [-0.4, -0.2) is 18.3 Å². The summed E-state index contributed by atoms with van der Waals surface area (Å²) in [6.45, 7) is 9.14. The minimum Gasteiger partial charge on any atom is -0.399 e. The maximum absolute atomic E-state index is 6.07. The lowest BCUT2D eigenvalue weighted by atomic mass is 9.79. The van der Waals surface area contributed by atoms with Gasteiger partial charge in [-0.1, -0.05) is 12.1 Å². The average molecular weight is 315 g/mol. The molecule has 0 amide bonds.